The molecule has 0 saturated carbocycles. The Kier molecular flexibility index (Phi) is 16.2. The van der Waals surface area contributed by atoms with Crippen molar-refractivity contribution in [3.63, 3.8) is 0 Å². The molecule has 0 fully saturated rings. The van der Waals surface area contributed by atoms with Crippen molar-refractivity contribution in [2.45, 2.75) is 111 Å². The van der Waals surface area contributed by atoms with Gasteiger partial charge in [-0.2, -0.15) is 0 Å². The predicted molar refractivity (Wildman–Crippen MR) is 469 cm³/mol. The molecular weight excluding hydrogens is 1430 g/mol. The van der Waals surface area contributed by atoms with Crippen LogP contribution >= 0.6 is 0 Å². The Balaban J connectivity index is 1.06. The second-order valence-corrected chi connectivity index (χ2v) is 31.0. The summed E-state index contributed by atoms with van der Waals surface area (Å²) >= 11 is 0. The SMILES string of the molecule is Cc1cc2nccnc2c(C)c1N(c1c(C)cc2nccnc2c1C)c1cc(N(c2c(C)cc3nccnc3c2C)c2c(C)cc3nccnc3c2C)c2ccc3c(N(c4c(C)cc5nccnc5c4C)c4c(C)cc5nccnc5c4C)cc(N(c4c(C)cc5nccnc5c4C)c4c(C)cc5nccnc5c4C)c4ccc1c2c43. The molecule has 8 heterocycles. The first kappa shape index (κ1) is 70.7. The number of benzene rings is 12. The van der Waals surface area contributed by atoms with E-state index in [0.717, 1.165) is 278 Å². The lowest BCUT2D eigenvalue weighted by molar-refractivity contribution is 1.16. The number of aryl methyl sites for hydroxylation is 16. The lowest BCUT2D eigenvalue weighted by atomic mass is 9.87. The first-order chi connectivity index (χ1) is 56.2. The van der Waals surface area contributed by atoms with Gasteiger partial charge in [-0.15, -0.1) is 0 Å². The number of hydrogen-bond donors (Lipinski definition) is 0. The first-order valence-corrected chi connectivity index (χ1v) is 38.9. The molecule has 116 heavy (non-hydrogen) atoms. The summed E-state index contributed by atoms with van der Waals surface area (Å²) in [5.41, 5.74) is 39.0. The number of rotatable bonds is 12. The van der Waals surface area contributed by atoms with Crippen LogP contribution in [-0.2, 0) is 0 Å². The van der Waals surface area contributed by atoms with Crippen molar-refractivity contribution in [1.29, 1.82) is 0 Å². The van der Waals surface area contributed by atoms with Gasteiger partial charge >= 0.3 is 0 Å². The van der Waals surface area contributed by atoms with E-state index in [-0.39, 0.29) is 0 Å². The van der Waals surface area contributed by atoms with Crippen LogP contribution in [0.3, 0.4) is 0 Å². The molecule has 0 unspecified atom stereocenters. The molecule has 0 aliphatic carbocycles. The number of hydrogen-bond acceptors (Lipinski definition) is 20. The summed E-state index contributed by atoms with van der Waals surface area (Å²) in [5, 5.41) is 5.79. The summed E-state index contributed by atoms with van der Waals surface area (Å²) in [6.45, 7) is 35.0. The van der Waals surface area contributed by atoms with Crippen LogP contribution in [0.1, 0.15) is 89.0 Å². The molecule has 20 heteroatoms. The van der Waals surface area contributed by atoms with Gasteiger partial charge in [0.2, 0.25) is 0 Å². The van der Waals surface area contributed by atoms with Gasteiger partial charge in [-0.1, -0.05) is 24.3 Å². The Hall–Kier alpha value is -14.4. The molecule has 0 amide bonds. The number of aromatic nitrogens is 16. The monoisotopic (exact) mass is 1510 g/mol. The van der Waals surface area contributed by atoms with Crippen molar-refractivity contribution < 1.29 is 0 Å². The summed E-state index contributed by atoms with van der Waals surface area (Å²) in [7, 11) is 0. The fraction of sp³-hybridized carbons (Fsp3) is 0.167. The van der Waals surface area contributed by atoms with E-state index in [2.05, 4.69) is 215 Å². The Morgan fingerprint density at radius 3 is 0.431 bits per heavy atom. The van der Waals surface area contributed by atoms with Gasteiger partial charge in [0.15, 0.2) is 0 Å². The van der Waals surface area contributed by atoms with Crippen LogP contribution in [0.4, 0.5) is 68.2 Å². The summed E-state index contributed by atoms with van der Waals surface area (Å²) in [6, 6.07) is 31.7. The van der Waals surface area contributed by atoms with E-state index in [9.17, 15) is 0 Å². The minimum absolute atomic E-state index is 0.779. The standard InChI is InChI=1S/C96H78N20/c1-47-37-67-81(105-29-21-97-67)55(9)89(47)113(90-48(2)38-68-82(56(90)10)106-30-22-98-68)75-45-76(114(91-49(3)39-69-83(57(91)11)107-31-23-99-69)92-50(4)40-70-84(58(92)12)108-32-24-100-70)64-19-20-66-78(116(95-53(7)43-73-87(61(95)15)111-35-27-103-73)96-54(8)44-74-88(62(96)16)112-36-28-104-74)46-77(65-18-17-63(75)79(64)80(65)66)115(93-51(5)41-71-85(59(93)13)109-33-25-101-71)94-52(6)42-72-86(60(94)14)110-34-26-102-72/h17-46H,1-16H3. The van der Waals surface area contributed by atoms with Gasteiger partial charge in [-0.05, 0) is 216 Å². The van der Waals surface area contributed by atoms with Crippen molar-refractivity contribution in [3.05, 3.63) is 273 Å². The van der Waals surface area contributed by atoms with Crippen molar-refractivity contribution in [3.8, 4) is 0 Å². The highest BCUT2D eigenvalue weighted by molar-refractivity contribution is 6.34. The van der Waals surface area contributed by atoms with E-state index >= 15 is 0 Å². The van der Waals surface area contributed by atoms with Gasteiger partial charge in [0, 0.05) is 176 Å². The smallest absolute Gasteiger partial charge is 0.0936 e. The zero-order chi connectivity index (χ0) is 79.7. The third kappa shape index (κ3) is 10.5. The molecule has 12 aromatic carbocycles. The number of fused-ring (bicyclic) bond motifs is 8. The minimum atomic E-state index is 0.779. The van der Waals surface area contributed by atoms with Crippen molar-refractivity contribution >= 4 is 189 Å². The normalized spacial score (nSPS) is 12.0. The van der Waals surface area contributed by atoms with Gasteiger partial charge in [0.25, 0.3) is 0 Å². The summed E-state index contributed by atoms with van der Waals surface area (Å²) in [6.07, 6.45) is 28.5. The molecule has 0 saturated heterocycles. The molecule has 0 radical (unpaired) electrons. The predicted octanol–water partition coefficient (Wildman–Crippen LogP) is 22.9. The van der Waals surface area contributed by atoms with E-state index in [1.54, 1.807) is 99.1 Å². The van der Waals surface area contributed by atoms with E-state index in [4.69, 9.17) is 79.7 Å². The van der Waals surface area contributed by atoms with E-state index in [0.29, 0.717) is 0 Å². The number of nitrogens with zero attached hydrogens (tertiary/aromatic N) is 20. The van der Waals surface area contributed by atoms with Crippen molar-refractivity contribution in [2.24, 2.45) is 0 Å². The highest BCUT2D eigenvalue weighted by atomic mass is 15.2. The van der Waals surface area contributed by atoms with Crippen LogP contribution in [0.5, 0.6) is 0 Å². The van der Waals surface area contributed by atoms with E-state index < -0.39 is 0 Å². The highest BCUT2D eigenvalue weighted by Gasteiger charge is 2.37. The van der Waals surface area contributed by atoms with Crippen molar-refractivity contribution in [1.82, 2.24) is 79.7 Å². The van der Waals surface area contributed by atoms with Gasteiger partial charge in [-0.3, -0.25) is 79.7 Å². The Labute approximate surface area is 668 Å². The zero-order valence-electron chi connectivity index (χ0n) is 67.3. The summed E-state index contributed by atoms with van der Waals surface area (Å²) in [5.74, 6) is 0. The van der Waals surface area contributed by atoms with Crippen LogP contribution in [0.2, 0.25) is 0 Å². The Morgan fingerprint density at radius 2 is 0.293 bits per heavy atom. The van der Waals surface area contributed by atoms with Gasteiger partial charge in [-0.25, -0.2) is 0 Å². The van der Waals surface area contributed by atoms with Crippen LogP contribution in [0, 0.1) is 111 Å². The lowest BCUT2D eigenvalue weighted by Gasteiger charge is -2.38. The molecule has 20 nitrogen and oxygen atoms in total. The van der Waals surface area contributed by atoms with Crippen LogP contribution in [0.15, 0.2) is 184 Å². The molecule has 20 rings (SSSR count). The maximum absolute atomic E-state index is 5.18. The molecule has 20 aromatic rings. The molecule has 8 aromatic heterocycles. The second-order valence-electron chi connectivity index (χ2n) is 31.0. The molecule has 0 N–H and O–H groups in total. The fourth-order valence-electron chi connectivity index (χ4n) is 19.2. The maximum Gasteiger partial charge on any atom is 0.0936 e. The summed E-state index contributed by atoms with van der Waals surface area (Å²) in [4.78, 5) is 91.3. The second kappa shape index (κ2) is 26.6. The average molecular weight is 1510 g/mol. The first-order valence-electron chi connectivity index (χ1n) is 38.9. The molecular formula is C96H78N20. The molecule has 0 spiro atoms. The van der Waals surface area contributed by atoms with E-state index in [1.807, 2.05) is 0 Å². The van der Waals surface area contributed by atoms with Gasteiger partial charge in [0.05, 0.1) is 157 Å². The minimum Gasteiger partial charge on any atom is -0.309 e. The fourth-order valence-corrected chi connectivity index (χ4v) is 19.2. The highest BCUT2D eigenvalue weighted by Crippen LogP contribution is 2.60. The largest absolute Gasteiger partial charge is 0.309 e. The number of anilines is 12. The molecule has 0 bridgehead atoms. The van der Waals surface area contributed by atoms with Crippen molar-refractivity contribution in [2.75, 3.05) is 19.6 Å². The zero-order valence-corrected chi connectivity index (χ0v) is 67.3. The Bertz CT molecular complexity index is 6410. The quantitative estimate of drug-likeness (QED) is 0.104. The maximum atomic E-state index is 5.18. The average Bonchev–Trinajstić information content (AvgIpc) is 0.689. The molecule has 0 aliphatic heterocycles. The van der Waals surface area contributed by atoms with Gasteiger partial charge < -0.3 is 19.6 Å². The van der Waals surface area contributed by atoms with Gasteiger partial charge in [0.1, 0.15) is 0 Å². The lowest BCUT2D eigenvalue weighted by Crippen LogP contribution is -2.21. The third-order valence-corrected chi connectivity index (χ3v) is 23.9. The Morgan fingerprint density at radius 1 is 0.164 bits per heavy atom. The van der Waals surface area contributed by atoms with Crippen LogP contribution in [-0.4, -0.2) is 79.7 Å². The van der Waals surface area contributed by atoms with E-state index in [1.165, 1.54) is 0 Å². The summed E-state index contributed by atoms with van der Waals surface area (Å²) < 4.78 is 0. The topological polar surface area (TPSA) is 219 Å². The third-order valence-electron chi connectivity index (χ3n) is 23.9. The van der Waals surface area contributed by atoms with Crippen LogP contribution in [0.25, 0.3) is 121 Å². The van der Waals surface area contributed by atoms with Crippen LogP contribution < -0.4 is 19.6 Å². The molecule has 0 atom stereocenters. The molecule has 562 valence electrons. The molecule has 0 aliphatic rings.